The van der Waals surface area contributed by atoms with Crippen molar-refractivity contribution in [2.75, 3.05) is 23.8 Å². The molecular weight excluding hydrogens is 300 g/mol. The number of anilines is 1. The molecule has 1 atom stereocenters. The van der Waals surface area contributed by atoms with E-state index in [2.05, 4.69) is 10.3 Å². The van der Waals surface area contributed by atoms with Crippen LogP contribution in [-0.2, 0) is 9.84 Å². The van der Waals surface area contributed by atoms with Crippen LogP contribution >= 0.6 is 0 Å². The molecule has 1 saturated heterocycles. The Balaban J connectivity index is 2.07. The fourth-order valence-electron chi connectivity index (χ4n) is 2.16. The number of carbonyl (C=O) groups excluding carboxylic acids is 1. The van der Waals surface area contributed by atoms with Gasteiger partial charge in [-0.05, 0) is 18.4 Å². The predicted molar refractivity (Wildman–Crippen MR) is 74.4 cm³/mol. The molecule has 10 heteroatoms. The topological polar surface area (TPSA) is 145 Å². The molecule has 1 aromatic heterocycles. The van der Waals surface area contributed by atoms with Gasteiger partial charge in [-0.2, -0.15) is 0 Å². The van der Waals surface area contributed by atoms with Crippen LogP contribution in [0, 0.1) is 16.0 Å². The molecule has 2 rings (SSSR count). The standard InChI is InChI=1S/C11H14N4O5S/c12-10-3-8(9(5-13-10)15(17)18)11(16)14-4-7-1-2-21(19,20)6-7/h3,5,7H,1-2,4,6H2,(H2,12,13)(H,14,16). The lowest BCUT2D eigenvalue weighted by Crippen LogP contribution is -2.30. The third-order valence-corrected chi connectivity index (χ3v) is 5.06. The van der Waals surface area contributed by atoms with E-state index in [1.807, 2.05) is 0 Å². The van der Waals surface area contributed by atoms with Crippen LogP contribution in [0.5, 0.6) is 0 Å². The molecule has 1 fully saturated rings. The van der Waals surface area contributed by atoms with Gasteiger partial charge < -0.3 is 11.1 Å². The Labute approximate surface area is 120 Å². The quantitative estimate of drug-likeness (QED) is 0.575. The second kappa shape index (κ2) is 5.64. The van der Waals surface area contributed by atoms with Crippen LogP contribution in [0.2, 0.25) is 0 Å². The maximum Gasteiger partial charge on any atom is 0.300 e. The number of aromatic nitrogens is 1. The molecule has 9 nitrogen and oxygen atoms in total. The first-order valence-electron chi connectivity index (χ1n) is 6.17. The minimum absolute atomic E-state index is 0.00538. The highest BCUT2D eigenvalue weighted by Gasteiger charge is 2.29. The number of nitrogens with two attached hydrogens (primary N) is 1. The molecule has 2 heterocycles. The average Bonchev–Trinajstić information content (AvgIpc) is 2.75. The lowest BCUT2D eigenvalue weighted by atomic mass is 10.1. The van der Waals surface area contributed by atoms with Gasteiger partial charge in [0, 0.05) is 6.54 Å². The minimum atomic E-state index is -3.03. The Morgan fingerprint density at radius 2 is 2.29 bits per heavy atom. The van der Waals surface area contributed by atoms with E-state index in [0.717, 1.165) is 12.3 Å². The second-order valence-electron chi connectivity index (χ2n) is 4.86. The first kappa shape index (κ1) is 15.2. The third-order valence-electron chi connectivity index (χ3n) is 3.22. The zero-order chi connectivity index (χ0) is 15.6. The summed E-state index contributed by atoms with van der Waals surface area (Å²) < 4.78 is 22.6. The van der Waals surface area contributed by atoms with Crippen molar-refractivity contribution in [3.8, 4) is 0 Å². The van der Waals surface area contributed by atoms with Gasteiger partial charge in [-0.25, -0.2) is 13.4 Å². The molecule has 21 heavy (non-hydrogen) atoms. The summed E-state index contributed by atoms with van der Waals surface area (Å²) in [6.45, 7) is 0.150. The van der Waals surface area contributed by atoms with Gasteiger partial charge in [0.05, 0.1) is 16.4 Å². The van der Waals surface area contributed by atoms with Crippen LogP contribution in [0.3, 0.4) is 0 Å². The lowest BCUT2D eigenvalue weighted by Gasteiger charge is -2.10. The van der Waals surface area contributed by atoms with E-state index in [-0.39, 0.29) is 35.3 Å². The van der Waals surface area contributed by atoms with Gasteiger partial charge in [0.1, 0.15) is 17.6 Å². The summed E-state index contributed by atoms with van der Waals surface area (Å²) in [5.74, 6) is -0.713. The third kappa shape index (κ3) is 3.66. The molecule has 0 bridgehead atoms. The number of amides is 1. The number of hydrogen-bond donors (Lipinski definition) is 2. The van der Waals surface area contributed by atoms with E-state index in [4.69, 9.17) is 5.73 Å². The molecule has 0 aromatic carbocycles. The Bertz CT molecular complexity index is 688. The highest BCUT2D eigenvalue weighted by molar-refractivity contribution is 7.91. The van der Waals surface area contributed by atoms with E-state index >= 15 is 0 Å². The molecule has 0 aliphatic carbocycles. The van der Waals surface area contributed by atoms with Crippen LogP contribution in [0.25, 0.3) is 0 Å². The second-order valence-corrected chi connectivity index (χ2v) is 7.09. The number of nitrogens with zero attached hydrogens (tertiary/aromatic N) is 2. The van der Waals surface area contributed by atoms with Crippen LogP contribution in [-0.4, -0.2) is 42.3 Å². The van der Waals surface area contributed by atoms with Crippen molar-refractivity contribution in [1.82, 2.24) is 10.3 Å². The Hall–Kier alpha value is -2.23. The monoisotopic (exact) mass is 314 g/mol. The van der Waals surface area contributed by atoms with Gasteiger partial charge in [-0.1, -0.05) is 0 Å². The molecule has 0 radical (unpaired) electrons. The maximum absolute atomic E-state index is 12.0. The van der Waals surface area contributed by atoms with Crippen molar-refractivity contribution >= 4 is 27.2 Å². The van der Waals surface area contributed by atoms with Crippen LogP contribution in [0.15, 0.2) is 12.3 Å². The van der Waals surface area contributed by atoms with Gasteiger partial charge >= 0.3 is 0 Å². The molecule has 1 amide bonds. The number of carbonyl (C=O) groups is 1. The molecule has 1 unspecified atom stereocenters. The van der Waals surface area contributed by atoms with Crippen molar-refractivity contribution in [2.45, 2.75) is 6.42 Å². The van der Waals surface area contributed by atoms with E-state index in [1.54, 1.807) is 0 Å². The highest BCUT2D eigenvalue weighted by Crippen LogP contribution is 2.20. The summed E-state index contributed by atoms with van der Waals surface area (Å²) in [7, 11) is -3.03. The van der Waals surface area contributed by atoms with Crippen molar-refractivity contribution in [1.29, 1.82) is 0 Å². The fraction of sp³-hybridized carbons (Fsp3) is 0.455. The molecular formula is C11H14N4O5S. The summed E-state index contributed by atoms with van der Waals surface area (Å²) in [6.07, 6.45) is 1.40. The zero-order valence-corrected chi connectivity index (χ0v) is 11.8. The highest BCUT2D eigenvalue weighted by atomic mass is 32.2. The van der Waals surface area contributed by atoms with Gasteiger partial charge in [-0.3, -0.25) is 14.9 Å². The number of nitrogen functional groups attached to an aromatic ring is 1. The smallest absolute Gasteiger partial charge is 0.300 e. The van der Waals surface area contributed by atoms with Gasteiger partial charge in [0.25, 0.3) is 11.6 Å². The molecule has 0 spiro atoms. The Morgan fingerprint density at radius 1 is 1.57 bits per heavy atom. The maximum atomic E-state index is 12.0. The lowest BCUT2D eigenvalue weighted by molar-refractivity contribution is -0.385. The van der Waals surface area contributed by atoms with E-state index in [0.29, 0.717) is 6.42 Å². The summed E-state index contributed by atoms with van der Waals surface area (Å²) in [5, 5.41) is 13.4. The molecule has 1 aliphatic rings. The first-order chi connectivity index (χ1) is 9.78. The summed E-state index contributed by atoms with van der Waals surface area (Å²) in [6, 6.07) is 1.12. The number of nitro groups is 1. The van der Waals surface area contributed by atoms with Crippen molar-refractivity contribution < 1.29 is 18.1 Å². The first-order valence-corrected chi connectivity index (χ1v) is 7.99. The zero-order valence-electron chi connectivity index (χ0n) is 11.0. The number of hydrogen-bond acceptors (Lipinski definition) is 7. The van der Waals surface area contributed by atoms with E-state index in [1.165, 1.54) is 0 Å². The fourth-order valence-corrected chi connectivity index (χ4v) is 4.02. The SMILES string of the molecule is Nc1cc(C(=O)NCC2CCS(=O)(=O)C2)c([N+](=O)[O-])cn1. The molecule has 0 saturated carbocycles. The molecule has 1 aromatic rings. The number of pyridine rings is 1. The van der Waals surface area contributed by atoms with Crippen LogP contribution in [0.1, 0.15) is 16.8 Å². The van der Waals surface area contributed by atoms with Gasteiger partial charge in [0.2, 0.25) is 0 Å². The van der Waals surface area contributed by atoms with Crippen molar-refractivity contribution in [3.63, 3.8) is 0 Å². The van der Waals surface area contributed by atoms with Crippen molar-refractivity contribution in [3.05, 3.63) is 27.9 Å². The average molecular weight is 314 g/mol. The Morgan fingerprint density at radius 3 is 2.86 bits per heavy atom. The van der Waals surface area contributed by atoms with E-state index in [9.17, 15) is 23.3 Å². The van der Waals surface area contributed by atoms with Crippen molar-refractivity contribution in [2.24, 2.45) is 5.92 Å². The summed E-state index contributed by atoms with van der Waals surface area (Å²) in [4.78, 5) is 25.7. The summed E-state index contributed by atoms with van der Waals surface area (Å²) in [5.41, 5.74) is 4.80. The predicted octanol–water partition coefficient (Wildman–Crippen LogP) is -0.263. The van der Waals surface area contributed by atoms with Crippen LogP contribution in [0.4, 0.5) is 11.5 Å². The molecule has 114 valence electrons. The normalized spacial score (nSPS) is 20.1. The molecule has 1 aliphatic heterocycles. The van der Waals surface area contributed by atoms with Crippen LogP contribution < -0.4 is 11.1 Å². The van der Waals surface area contributed by atoms with Gasteiger partial charge in [-0.15, -0.1) is 0 Å². The van der Waals surface area contributed by atoms with Gasteiger partial charge in [0.15, 0.2) is 9.84 Å². The molecule has 3 N–H and O–H groups in total. The largest absolute Gasteiger partial charge is 0.384 e. The number of sulfone groups is 1. The summed E-state index contributed by atoms with van der Waals surface area (Å²) >= 11 is 0. The van der Waals surface area contributed by atoms with E-state index < -0.39 is 26.4 Å². The Kier molecular flexibility index (Phi) is 4.07. The number of rotatable bonds is 4. The minimum Gasteiger partial charge on any atom is -0.384 e. The number of nitrogens with one attached hydrogen (secondary N) is 1.